The summed E-state index contributed by atoms with van der Waals surface area (Å²) in [5.41, 5.74) is 11.6. The molecule has 0 aliphatic heterocycles. The van der Waals surface area contributed by atoms with E-state index in [1.54, 1.807) is 11.3 Å². The van der Waals surface area contributed by atoms with Crippen LogP contribution in [0.15, 0.2) is 145 Å². The van der Waals surface area contributed by atoms with Gasteiger partial charge < -0.3 is 9.13 Å². The fourth-order valence-electron chi connectivity index (χ4n) is 7.04. The number of aromatic nitrogens is 4. The van der Waals surface area contributed by atoms with Gasteiger partial charge in [-0.2, -0.15) is 0 Å². The molecule has 10 aromatic rings. The molecular formula is C39H24N4S. The van der Waals surface area contributed by atoms with Gasteiger partial charge in [0.25, 0.3) is 0 Å². The minimum absolute atomic E-state index is 1.02. The van der Waals surface area contributed by atoms with E-state index < -0.39 is 0 Å². The lowest BCUT2D eigenvalue weighted by atomic mass is 10.0. The Morgan fingerprint density at radius 2 is 1.05 bits per heavy atom. The van der Waals surface area contributed by atoms with Crippen molar-refractivity contribution in [3.8, 4) is 22.5 Å². The van der Waals surface area contributed by atoms with E-state index in [-0.39, 0.29) is 0 Å². The van der Waals surface area contributed by atoms with Crippen molar-refractivity contribution in [1.29, 1.82) is 0 Å². The Labute approximate surface area is 256 Å². The van der Waals surface area contributed by atoms with Gasteiger partial charge in [-0.3, -0.25) is 4.40 Å². The summed E-state index contributed by atoms with van der Waals surface area (Å²) in [5.74, 6) is 0. The summed E-state index contributed by atoms with van der Waals surface area (Å²) in [5, 5.41) is 7.11. The van der Waals surface area contributed by atoms with Crippen LogP contribution in [0.5, 0.6) is 0 Å². The Morgan fingerprint density at radius 3 is 1.77 bits per heavy atom. The zero-order valence-electron chi connectivity index (χ0n) is 23.6. The van der Waals surface area contributed by atoms with Crippen molar-refractivity contribution in [3.05, 3.63) is 145 Å². The Balaban J connectivity index is 1.17. The van der Waals surface area contributed by atoms with Crippen molar-refractivity contribution in [1.82, 2.24) is 18.5 Å². The van der Waals surface area contributed by atoms with Crippen LogP contribution in [0.3, 0.4) is 0 Å². The molecule has 6 aromatic carbocycles. The molecule has 0 unspecified atom stereocenters. The van der Waals surface area contributed by atoms with Gasteiger partial charge in [0, 0.05) is 44.5 Å². The molecule has 10 rings (SSSR count). The monoisotopic (exact) mass is 580 g/mol. The first-order chi connectivity index (χ1) is 21.8. The van der Waals surface area contributed by atoms with Crippen LogP contribution in [0.4, 0.5) is 0 Å². The fraction of sp³-hybridized carbons (Fsp3) is 0. The van der Waals surface area contributed by atoms with E-state index in [4.69, 9.17) is 4.98 Å². The van der Waals surface area contributed by atoms with E-state index in [1.807, 2.05) is 0 Å². The SMILES string of the molecule is c1cc(-c2ccc3c(c2)nc2sccn23)cc(-n2c3ccccc3c3cc(-n4c5ccccc5c5ccccc54)ccc32)c1. The molecule has 0 atom stereocenters. The van der Waals surface area contributed by atoms with Crippen molar-refractivity contribution < 1.29 is 0 Å². The zero-order chi connectivity index (χ0) is 28.8. The topological polar surface area (TPSA) is 27.2 Å². The third-order valence-corrected chi connectivity index (χ3v) is 9.73. The van der Waals surface area contributed by atoms with Gasteiger partial charge in [-0.25, -0.2) is 4.98 Å². The number of fused-ring (bicyclic) bond motifs is 9. The van der Waals surface area contributed by atoms with E-state index in [9.17, 15) is 0 Å². The molecule has 44 heavy (non-hydrogen) atoms. The number of nitrogens with zero attached hydrogens (tertiary/aromatic N) is 4. The normalized spacial score (nSPS) is 12.1. The second-order valence-electron chi connectivity index (χ2n) is 11.3. The maximum absolute atomic E-state index is 4.86. The number of hydrogen-bond acceptors (Lipinski definition) is 2. The first-order valence-electron chi connectivity index (χ1n) is 14.8. The van der Waals surface area contributed by atoms with Crippen molar-refractivity contribution in [2.45, 2.75) is 0 Å². The van der Waals surface area contributed by atoms with Gasteiger partial charge in [-0.15, -0.1) is 11.3 Å². The molecule has 0 spiro atoms. The molecule has 0 saturated carbocycles. The van der Waals surface area contributed by atoms with Gasteiger partial charge in [-0.1, -0.05) is 72.8 Å². The van der Waals surface area contributed by atoms with Crippen LogP contribution in [0.1, 0.15) is 0 Å². The molecule has 4 nitrogen and oxygen atoms in total. The highest BCUT2D eigenvalue weighted by atomic mass is 32.1. The number of benzene rings is 6. The van der Waals surface area contributed by atoms with Gasteiger partial charge in [0.15, 0.2) is 4.96 Å². The van der Waals surface area contributed by atoms with Crippen molar-refractivity contribution in [3.63, 3.8) is 0 Å². The number of imidazole rings is 1. The lowest BCUT2D eigenvalue weighted by molar-refractivity contribution is 1.17. The molecule has 0 aliphatic rings. The molecule has 4 aromatic heterocycles. The van der Waals surface area contributed by atoms with Crippen LogP contribution in [0, 0.1) is 0 Å². The van der Waals surface area contributed by atoms with Crippen molar-refractivity contribution in [2.24, 2.45) is 0 Å². The number of rotatable bonds is 3. The lowest BCUT2D eigenvalue weighted by Gasteiger charge is -2.12. The summed E-state index contributed by atoms with van der Waals surface area (Å²) < 4.78 is 6.95. The summed E-state index contributed by atoms with van der Waals surface area (Å²) >= 11 is 1.67. The van der Waals surface area contributed by atoms with E-state index in [1.165, 1.54) is 60.4 Å². The van der Waals surface area contributed by atoms with E-state index in [0.717, 1.165) is 21.7 Å². The molecule has 0 radical (unpaired) electrons. The van der Waals surface area contributed by atoms with Crippen LogP contribution in [0.25, 0.3) is 82.1 Å². The highest BCUT2D eigenvalue weighted by Gasteiger charge is 2.16. The average Bonchev–Trinajstić information content (AvgIpc) is 3.83. The van der Waals surface area contributed by atoms with E-state index in [2.05, 4.69) is 159 Å². The maximum Gasteiger partial charge on any atom is 0.194 e. The van der Waals surface area contributed by atoms with Crippen LogP contribution in [-0.2, 0) is 0 Å². The van der Waals surface area contributed by atoms with Gasteiger partial charge >= 0.3 is 0 Å². The third-order valence-electron chi connectivity index (χ3n) is 8.97. The van der Waals surface area contributed by atoms with Crippen LogP contribution >= 0.6 is 11.3 Å². The Hall–Kier alpha value is -5.65. The first kappa shape index (κ1) is 23.9. The highest BCUT2D eigenvalue weighted by molar-refractivity contribution is 7.15. The summed E-state index contributed by atoms with van der Waals surface area (Å²) in [6.45, 7) is 0. The minimum Gasteiger partial charge on any atom is -0.309 e. The van der Waals surface area contributed by atoms with E-state index >= 15 is 0 Å². The molecule has 0 N–H and O–H groups in total. The molecule has 0 fully saturated rings. The second-order valence-corrected chi connectivity index (χ2v) is 12.2. The number of thiazole rings is 1. The Bertz CT molecular complexity index is 2680. The zero-order valence-corrected chi connectivity index (χ0v) is 24.4. The molecule has 0 amide bonds. The third kappa shape index (κ3) is 3.30. The maximum atomic E-state index is 4.86. The molecular weight excluding hydrogens is 557 g/mol. The first-order valence-corrected chi connectivity index (χ1v) is 15.7. The van der Waals surface area contributed by atoms with Gasteiger partial charge in [0.2, 0.25) is 0 Å². The molecule has 206 valence electrons. The molecule has 0 bridgehead atoms. The quantitative estimate of drug-likeness (QED) is 0.204. The molecule has 5 heteroatoms. The largest absolute Gasteiger partial charge is 0.309 e. The van der Waals surface area contributed by atoms with Crippen LogP contribution < -0.4 is 0 Å². The lowest BCUT2D eigenvalue weighted by Crippen LogP contribution is -1.96. The predicted octanol–water partition coefficient (Wildman–Crippen LogP) is 10.4. The number of hydrogen-bond donors (Lipinski definition) is 0. The van der Waals surface area contributed by atoms with Gasteiger partial charge in [0.05, 0.1) is 33.1 Å². The summed E-state index contributed by atoms with van der Waals surface area (Å²) in [6.07, 6.45) is 2.09. The average molecular weight is 581 g/mol. The predicted molar refractivity (Wildman–Crippen MR) is 185 cm³/mol. The van der Waals surface area contributed by atoms with E-state index in [0.29, 0.717) is 0 Å². The smallest absolute Gasteiger partial charge is 0.194 e. The van der Waals surface area contributed by atoms with Gasteiger partial charge in [-0.05, 0) is 71.8 Å². The van der Waals surface area contributed by atoms with Crippen molar-refractivity contribution in [2.75, 3.05) is 0 Å². The summed E-state index contributed by atoms with van der Waals surface area (Å²) in [6, 6.07) is 48.5. The van der Waals surface area contributed by atoms with Crippen LogP contribution in [0.2, 0.25) is 0 Å². The standard InChI is InChI=1S/C39H24N4S/c1-4-13-34-29(10-1)30-11-2-5-14-35(30)43(34)28-17-19-37-32(24-28)31-12-3-6-15-36(31)42(37)27-9-7-8-25(22-27)26-16-18-38-33(23-26)40-39-41(38)20-21-44-39/h1-24H. The molecule has 0 saturated heterocycles. The van der Waals surface area contributed by atoms with Crippen LogP contribution in [-0.4, -0.2) is 18.5 Å². The van der Waals surface area contributed by atoms with Gasteiger partial charge in [0.1, 0.15) is 0 Å². The Kier molecular flexibility index (Phi) is 4.84. The minimum atomic E-state index is 1.02. The van der Waals surface area contributed by atoms with Crippen molar-refractivity contribution >= 4 is 70.9 Å². The fourth-order valence-corrected chi connectivity index (χ4v) is 7.77. The molecule has 0 aliphatic carbocycles. The number of para-hydroxylation sites is 3. The Morgan fingerprint density at radius 1 is 0.455 bits per heavy atom. The summed E-state index contributed by atoms with van der Waals surface area (Å²) in [4.78, 5) is 5.88. The summed E-state index contributed by atoms with van der Waals surface area (Å²) in [7, 11) is 0. The highest BCUT2D eigenvalue weighted by Crippen LogP contribution is 2.37. The molecule has 4 heterocycles. The second kappa shape index (κ2) is 8.93.